The van der Waals surface area contributed by atoms with Gasteiger partial charge in [0, 0.05) is 53.5 Å². The number of rotatable bonds is 14. The van der Waals surface area contributed by atoms with Crippen molar-refractivity contribution >= 4 is 57.7 Å². The van der Waals surface area contributed by atoms with Gasteiger partial charge in [0.25, 0.3) is 17.7 Å². The summed E-state index contributed by atoms with van der Waals surface area (Å²) in [7, 11) is 0. The first-order valence-electron chi connectivity index (χ1n) is 21.5. The number of esters is 1. The highest BCUT2D eigenvalue weighted by molar-refractivity contribution is 6.00. The van der Waals surface area contributed by atoms with E-state index in [1.54, 1.807) is 28.3 Å². The van der Waals surface area contributed by atoms with Crippen molar-refractivity contribution in [3.63, 3.8) is 0 Å². The predicted octanol–water partition coefficient (Wildman–Crippen LogP) is 6.64. The van der Waals surface area contributed by atoms with Crippen LogP contribution in [0.15, 0.2) is 61.4 Å². The maximum absolute atomic E-state index is 12.5. The molecule has 2 aromatic carbocycles. The lowest BCUT2D eigenvalue weighted by Gasteiger charge is -2.12. The van der Waals surface area contributed by atoms with Crippen molar-refractivity contribution in [3.05, 3.63) is 106 Å². The van der Waals surface area contributed by atoms with E-state index in [2.05, 4.69) is 53.7 Å². The fraction of sp³-hybridized carbons (Fsp3) is 0.391. The quantitative estimate of drug-likeness (QED) is 0.0635. The minimum atomic E-state index is -0.392. The molecule has 2 fully saturated rings. The monoisotopic (exact) mass is 858 g/mol. The number of amides is 3. The molecular formula is C46H58N12O5. The third-order valence-corrected chi connectivity index (χ3v) is 10.5. The Labute approximate surface area is 367 Å². The molecule has 2 aliphatic carbocycles. The van der Waals surface area contributed by atoms with Gasteiger partial charge in [-0.3, -0.25) is 14.4 Å². The number of fused-ring (bicyclic) bond motifs is 2. The summed E-state index contributed by atoms with van der Waals surface area (Å²) in [6.45, 7) is 15.2. The van der Waals surface area contributed by atoms with E-state index >= 15 is 0 Å². The van der Waals surface area contributed by atoms with Gasteiger partial charge in [-0.05, 0) is 126 Å². The Balaban J connectivity index is 0.000000194. The van der Waals surface area contributed by atoms with Gasteiger partial charge in [0.2, 0.25) is 0 Å². The van der Waals surface area contributed by atoms with Crippen LogP contribution in [0.1, 0.15) is 123 Å². The van der Waals surface area contributed by atoms with Crippen LogP contribution in [0.2, 0.25) is 0 Å². The number of aryl methyl sites for hydroxylation is 4. The minimum absolute atomic E-state index is 0.0675. The second-order valence-electron chi connectivity index (χ2n) is 15.7. The van der Waals surface area contributed by atoms with Crippen LogP contribution in [0.25, 0.3) is 11.0 Å². The molecule has 4 aromatic heterocycles. The molecule has 0 radical (unpaired) electrons. The van der Waals surface area contributed by atoms with Gasteiger partial charge in [0.1, 0.15) is 23.7 Å². The van der Waals surface area contributed by atoms with E-state index in [1.165, 1.54) is 12.7 Å². The number of hydrogen-bond donors (Lipinski definition) is 6. The Morgan fingerprint density at radius 2 is 1.14 bits per heavy atom. The summed E-state index contributed by atoms with van der Waals surface area (Å²) in [5.74, 6) is 0.474. The Bertz CT molecular complexity index is 2610. The molecule has 17 heteroatoms. The van der Waals surface area contributed by atoms with Crippen LogP contribution in [-0.2, 0) is 4.74 Å². The molecule has 3 amide bonds. The number of ether oxygens (including phenoxy) is 1. The molecule has 6 aromatic rings. The van der Waals surface area contributed by atoms with Crippen molar-refractivity contribution in [1.82, 2.24) is 45.1 Å². The number of benzene rings is 2. The van der Waals surface area contributed by atoms with Crippen molar-refractivity contribution in [3.8, 4) is 0 Å². The summed E-state index contributed by atoms with van der Waals surface area (Å²) in [6.07, 6.45) is 12.4. The van der Waals surface area contributed by atoms with Gasteiger partial charge in [-0.2, -0.15) is 10.2 Å². The average Bonchev–Trinajstić information content (AvgIpc) is 4.22. The van der Waals surface area contributed by atoms with E-state index in [0.29, 0.717) is 64.6 Å². The number of nitrogens with zero attached hydrogens (tertiary/aromatic N) is 6. The molecule has 4 heterocycles. The maximum atomic E-state index is 12.5. The molecule has 2 saturated carbocycles. The lowest BCUT2D eigenvalue weighted by atomic mass is 10.1. The highest BCUT2D eigenvalue weighted by atomic mass is 16.5. The number of nitrogens with one attached hydrogen (secondary N) is 5. The van der Waals surface area contributed by atoms with E-state index in [4.69, 9.17) is 10.5 Å². The van der Waals surface area contributed by atoms with Gasteiger partial charge in [-0.15, -0.1) is 0 Å². The van der Waals surface area contributed by atoms with Crippen LogP contribution in [-0.4, -0.2) is 84.7 Å². The van der Waals surface area contributed by atoms with Gasteiger partial charge < -0.3 is 37.1 Å². The first-order valence-corrected chi connectivity index (χ1v) is 21.5. The molecule has 17 nitrogen and oxygen atoms in total. The van der Waals surface area contributed by atoms with Gasteiger partial charge in [-0.25, -0.2) is 23.8 Å². The number of anilines is 4. The highest BCUT2D eigenvalue weighted by Crippen LogP contribution is 2.30. The summed E-state index contributed by atoms with van der Waals surface area (Å²) in [4.78, 5) is 58.3. The van der Waals surface area contributed by atoms with Crippen LogP contribution in [0.4, 0.5) is 23.0 Å². The molecule has 0 bridgehead atoms. The Morgan fingerprint density at radius 3 is 1.57 bits per heavy atom. The number of carbonyl (C=O) groups is 4. The van der Waals surface area contributed by atoms with Gasteiger partial charge in [0.15, 0.2) is 11.6 Å². The average molecular weight is 859 g/mol. The van der Waals surface area contributed by atoms with Crippen molar-refractivity contribution in [2.75, 3.05) is 30.3 Å². The zero-order valence-corrected chi connectivity index (χ0v) is 37.1. The van der Waals surface area contributed by atoms with Crippen molar-refractivity contribution in [1.29, 1.82) is 0 Å². The molecule has 332 valence electrons. The summed E-state index contributed by atoms with van der Waals surface area (Å²) in [5.41, 5.74) is 13.7. The first kappa shape index (κ1) is 45.6. The lowest BCUT2D eigenvalue weighted by molar-refractivity contribution is 0.0525. The second kappa shape index (κ2) is 20.8. The molecule has 8 rings (SSSR count). The van der Waals surface area contributed by atoms with E-state index in [1.807, 2.05) is 71.0 Å². The second-order valence-corrected chi connectivity index (χ2v) is 15.7. The summed E-state index contributed by atoms with van der Waals surface area (Å²) in [5, 5.41) is 24.0. The third-order valence-electron chi connectivity index (χ3n) is 10.5. The number of carbonyl (C=O) groups excluding carboxylic acids is 4. The molecule has 7 N–H and O–H groups in total. The number of nitrogens with two attached hydrogens (primary N) is 1. The van der Waals surface area contributed by atoms with Crippen molar-refractivity contribution < 1.29 is 23.9 Å². The zero-order valence-electron chi connectivity index (χ0n) is 37.1. The first-order chi connectivity index (χ1) is 30.4. The fourth-order valence-corrected chi connectivity index (χ4v) is 6.53. The van der Waals surface area contributed by atoms with E-state index < -0.39 is 5.97 Å². The molecule has 0 atom stereocenters. The SMILES string of the molecule is CCCN.CCCNC(=O)c1cn2ncnc(Nc3cc(C(=O)NC4CC4)ccc3C)c2c1C.CCOC(=O)c1cn2ncnc(Nc3cc(C(=O)NC4CC4)ccc3C)c2c1C. The van der Waals surface area contributed by atoms with Crippen LogP contribution < -0.4 is 32.3 Å². The fourth-order valence-electron chi connectivity index (χ4n) is 6.53. The number of hydrogen-bond acceptors (Lipinski definition) is 12. The normalized spacial score (nSPS) is 13.0. The van der Waals surface area contributed by atoms with Crippen LogP contribution in [0, 0.1) is 27.7 Å². The maximum Gasteiger partial charge on any atom is 0.340 e. The molecule has 63 heavy (non-hydrogen) atoms. The standard InChI is InChI=1S/C22H26N6O2.C21H23N5O3.C3H9N/c1-4-9-23-22(30)17-11-28-19(14(17)3)20(24-12-25-28)27-18-10-15(6-5-13(18)2)21(29)26-16-7-8-16;1-4-29-21(28)16-10-26-18(13(16)3)19(22-11-23-26)25-17-9-14(6-5-12(17)2)20(27)24-15-7-8-15;1-2-3-4/h5-6,10-12,16H,4,7-9H2,1-3H3,(H,23,30)(H,26,29)(H,24,25,27);5-6,9-11,15H,4,7-8H2,1-3H3,(H,24,27)(H,22,23,25);2-4H2,1H3. The summed E-state index contributed by atoms with van der Waals surface area (Å²) < 4.78 is 8.39. The van der Waals surface area contributed by atoms with Crippen molar-refractivity contribution in [2.45, 2.75) is 99.1 Å². The van der Waals surface area contributed by atoms with E-state index in [0.717, 1.165) is 84.2 Å². The molecule has 0 unspecified atom stereocenters. The summed E-state index contributed by atoms with van der Waals surface area (Å²) >= 11 is 0. The summed E-state index contributed by atoms with van der Waals surface area (Å²) in [6, 6.07) is 11.7. The predicted molar refractivity (Wildman–Crippen MR) is 243 cm³/mol. The molecular weight excluding hydrogens is 801 g/mol. The van der Waals surface area contributed by atoms with Gasteiger partial charge in [0.05, 0.1) is 17.7 Å². The van der Waals surface area contributed by atoms with Crippen LogP contribution in [0.5, 0.6) is 0 Å². The van der Waals surface area contributed by atoms with E-state index in [9.17, 15) is 19.2 Å². The van der Waals surface area contributed by atoms with Gasteiger partial charge >= 0.3 is 5.97 Å². The van der Waals surface area contributed by atoms with Crippen molar-refractivity contribution in [2.24, 2.45) is 5.73 Å². The van der Waals surface area contributed by atoms with Crippen LogP contribution >= 0.6 is 0 Å². The minimum Gasteiger partial charge on any atom is -0.462 e. The zero-order chi connectivity index (χ0) is 45.2. The molecule has 2 aliphatic rings. The Hall–Kier alpha value is -6.88. The highest BCUT2D eigenvalue weighted by Gasteiger charge is 2.26. The van der Waals surface area contributed by atoms with E-state index in [-0.39, 0.29) is 17.7 Å². The lowest BCUT2D eigenvalue weighted by Crippen LogP contribution is -2.25. The Morgan fingerprint density at radius 1 is 0.683 bits per heavy atom. The van der Waals surface area contributed by atoms with Crippen LogP contribution in [0.3, 0.4) is 0 Å². The molecule has 0 aliphatic heterocycles. The Kier molecular flexibility index (Phi) is 15.1. The van der Waals surface area contributed by atoms with Gasteiger partial charge in [-0.1, -0.05) is 26.0 Å². The number of aromatic nitrogens is 6. The topological polar surface area (TPSA) is 224 Å². The smallest absolute Gasteiger partial charge is 0.340 e. The molecule has 0 saturated heterocycles. The third kappa shape index (κ3) is 11.3. The largest absolute Gasteiger partial charge is 0.462 e. The molecule has 0 spiro atoms.